The minimum Gasteiger partial charge on any atom is -0.253 e. The molecule has 1 aromatic heterocycles. The van der Waals surface area contributed by atoms with Crippen molar-refractivity contribution in [2.75, 3.05) is 0 Å². The number of aromatic nitrogens is 1. The first kappa shape index (κ1) is 13.7. The van der Waals surface area contributed by atoms with Crippen LogP contribution >= 0.6 is 0 Å². The van der Waals surface area contributed by atoms with Gasteiger partial charge in [0.1, 0.15) is 0 Å². The fraction of sp³-hybridized carbons (Fsp3) is 0.438. The summed E-state index contributed by atoms with van der Waals surface area (Å²) in [5.74, 6) is 0.551. The van der Waals surface area contributed by atoms with Crippen LogP contribution in [0.2, 0.25) is 0 Å². The van der Waals surface area contributed by atoms with Gasteiger partial charge < -0.3 is 0 Å². The second-order valence-electron chi connectivity index (χ2n) is 4.24. The van der Waals surface area contributed by atoms with Crippen LogP contribution in [0.25, 0.3) is 10.9 Å². The number of aryl methyl sites for hydroxylation is 1. The molecule has 1 unspecified atom stereocenters. The molecule has 0 saturated carbocycles. The molecule has 92 valence electrons. The molecule has 0 saturated heterocycles. The molecule has 0 aliphatic carbocycles. The van der Waals surface area contributed by atoms with E-state index in [4.69, 9.17) is 4.98 Å². The molecule has 2 rings (SSSR count). The summed E-state index contributed by atoms with van der Waals surface area (Å²) in [5, 5.41) is 1.23. The predicted octanol–water partition coefficient (Wildman–Crippen LogP) is 5.08. The van der Waals surface area contributed by atoms with Crippen molar-refractivity contribution in [3.05, 3.63) is 41.6 Å². The molecule has 1 aromatic carbocycles. The number of hydrogen-bond acceptors (Lipinski definition) is 1. The summed E-state index contributed by atoms with van der Waals surface area (Å²) in [4.78, 5) is 4.71. The first-order valence-corrected chi connectivity index (χ1v) is 6.58. The van der Waals surface area contributed by atoms with Gasteiger partial charge in [-0.05, 0) is 37.0 Å². The van der Waals surface area contributed by atoms with Crippen molar-refractivity contribution in [2.24, 2.45) is 0 Å². The number of pyridine rings is 1. The lowest BCUT2D eigenvalue weighted by Crippen LogP contribution is -1.95. The molecule has 17 heavy (non-hydrogen) atoms. The topological polar surface area (TPSA) is 12.9 Å². The van der Waals surface area contributed by atoms with Gasteiger partial charge in [0, 0.05) is 11.1 Å². The van der Waals surface area contributed by atoms with Gasteiger partial charge in [-0.25, -0.2) is 0 Å². The second kappa shape index (κ2) is 6.39. The quantitative estimate of drug-likeness (QED) is 0.699. The molecule has 0 N–H and O–H groups in total. The SMILES string of the molecule is CC.CCC(C)c1ccc2ccc(C)cc2n1. The summed E-state index contributed by atoms with van der Waals surface area (Å²) >= 11 is 0. The second-order valence-corrected chi connectivity index (χ2v) is 4.24. The van der Waals surface area contributed by atoms with E-state index in [0.29, 0.717) is 5.92 Å². The van der Waals surface area contributed by atoms with Crippen LogP contribution in [-0.4, -0.2) is 4.98 Å². The summed E-state index contributed by atoms with van der Waals surface area (Å²) in [7, 11) is 0. The van der Waals surface area contributed by atoms with Gasteiger partial charge in [0.2, 0.25) is 0 Å². The smallest absolute Gasteiger partial charge is 0.0708 e. The van der Waals surface area contributed by atoms with Crippen LogP contribution in [0, 0.1) is 6.92 Å². The van der Waals surface area contributed by atoms with E-state index in [1.54, 1.807) is 0 Å². The van der Waals surface area contributed by atoms with Gasteiger partial charge in [0.15, 0.2) is 0 Å². The van der Waals surface area contributed by atoms with Crippen molar-refractivity contribution >= 4 is 10.9 Å². The van der Waals surface area contributed by atoms with Crippen molar-refractivity contribution in [3.63, 3.8) is 0 Å². The Kier molecular flexibility index (Phi) is 5.14. The molecule has 1 heteroatoms. The van der Waals surface area contributed by atoms with Crippen LogP contribution in [0.15, 0.2) is 30.3 Å². The van der Waals surface area contributed by atoms with Gasteiger partial charge in [-0.1, -0.05) is 45.9 Å². The maximum Gasteiger partial charge on any atom is 0.0708 e. The minimum absolute atomic E-state index is 0.551. The Balaban J connectivity index is 0.000000686. The molecule has 0 aliphatic rings. The summed E-state index contributed by atoms with van der Waals surface area (Å²) in [6, 6.07) is 10.7. The lowest BCUT2D eigenvalue weighted by atomic mass is 10.0. The van der Waals surface area contributed by atoms with E-state index < -0.39 is 0 Å². The normalized spacial score (nSPS) is 11.8. The molecule has 0 spiro atoms. The Labute approximate surface area is 105 Å². The average Bonchev–Trinajstić information content (AvgIpc) is 2.39. The number of hydrogen-bond donors (Lipinski definition) is 0. The summed E-state index contributed by atoms with van der Waals surface area (Å²) in [5.41, 5.74) is 3.60. The first-order chi connectivity index (χ1) is 8.20. The van der Waals surface area contributed by atoms with Gasteiger partial charge in [0.05, 0.1) is 5.52 Å². The molecule has 0 amide bonds. The molecular weight excluding hydrogens is 206 g/mol. The largest absolute Gasteiger partial charge is 0.253 e. The highest BCUT2D eigenvalue weighted by Crippen LogP contribution is 2.20. The van der Waals surface area contributed by atoms with Crippen LogP contribution in [-0.2, 0) is 0 Å². The zero-order valence-electron chi connectivity index (χ0n) is 11.6. The lowest BCUT2D eigenvalue weighted by molar-refractivity contribution is 0.712. The van der Waals surface area contributed by atoms with Crippen LogP contribution in [0.4, 0.5) is 0 Å². The number of benzene rings is 1. The number of fused-ring (bicyclic) bond motifs is 1. The molecule has 0 radical (unpaired) electrons. The molecule has 0 bridgehead atoms. The molecule has 2 aromatic rings. The van der Waals surface area contributed by atoms with Crippen molar-refractivity contribution < 1.29 is 0 Å². The highest BCUT2D eigenvalue weighted by Gasteiger charge is 2.05. The fourth-order valence-corrected chi connectivity index (χ4v) is 1.73. The van der Waals surface area contributed by atoms with Crippen molar-refractivity contribution in [3.8, 4) is 0 Å². The average molecular weight is 229 g/mol. The van der Waals surface area contributed by atoms with E-state index in [1.807, 2.05) is 13.8 Å². The Bertz CT molecular complexity index is 474. The molecule has 1 heterocycles. The van der Waals surface area contributed by atoms with Gasteiger partial charge in [-0.15, -0.1) is 0 Å². The monoisotopic (exact) mass is 229 g/mol. The van der Waals surface area contributed by atoms with Gasteiger partial charge in [-0.2, -0.15) is 0 Å². The van der Waals surface area contributed by atoms with Crippen LogP contribution in [0.1, 0.15) is 51.3 Å². The van der Waals surface area contributed by atoms with E-state index in [9.17, 15) is 0 Å². The number of rotatable bonds is 2. The molecule has 0 fully saturated rings. The molecule has 1 atom stereocenters. The third-order valence-corrected chi connectivity index (χ3v) is 2.99. The summed E-state index contributed by atoms with van der Waals surface area (Å²) in [6.45, 7) is 10.5. The Hall–Kier alpha value is -1.37. The zero-order valence-corrected chi connectivity index (χ0v) is 11.6. The van der Waals surface area contributed by atoms with Crippen LogP contribution < -0.4 is 0 Å². The Morgan fingerprint density at radius 3 is 2.41 bits per heavy atom. The van der Waals surface area contributed by atoms with E-state index in [2.05, 4.69) is 51.1 Å². The highest BCUT2D eigenvalue weighted by atomic mass is 14.7. The van der Waals surface area contributed by atoms with Crippen molar-refractivity contribution in [2.45, 2.75) is 47.0 Å². The maximum atomic E-state index is 4.71. The van der Waals surface area contributed by atoms with E-state index in [0.717, 1.165) is 11.9 Å². The predicted molar refractivity (Wildman–Crippen MR) is 76.5 cm³/mol. The highest BCUT2D eigenvalue weighted by molar-refractivity contribution is 5.79. The maximum absolute atomic E-state index is 4.71. The van der Waals surface area contributed by atoms with Gasteiger partial charge in [0.25, 0.3) is 0 Å². The van der Waals surface area contributed by atoms with Gasteiger partial charge in [-0.3, -0.25) is 4.98 Å². The van der Waals surface area contributed by atoms with Crippen molar-refractivity contribution in [1.82, 2.24) is 4.98 Å². The van der Waals surface area contributed by atoms with Crippen molar-refractivity contribution in [1.29, 1.82) is 0 Å². The molecular formula is C16H23N. The zero-order chi connectivity index (χ0) is 12.8. The third-order valence-electron chi connectivity index (χ3n) is 2.99. The van der Waals surface area contributed by atoms with E-state index >= 15 is 0 Å². The number of nitrogens with zero attached hydrogens (tertiary/aromatic N) is 1. The standard InChI is InChI=1S/C14H17N.C2H6/c1-4-11(3)13-8-7-12-6-5-10(2)9-14(12)15-13;1-2/h5-9,11H,4H2,1-3H3;1-2H3. The Morgan fingerprint density at radius 2 is 1.76 bits per heavy atom. The van der Waals surface area contributed by atoms with Crippen LogP contribution in [0.3, 0.4) is 0 Å². The van der Waals surface area contributed by atoms with Gasteiger partial charge >= 0.3 is 0 Å². The summed E-state index contributed by atoms with van der Waals surface area (Å²) < 4.78 is 0. The first-order valence-electron chi connectivity index (χ1n) is 6.58. The summed E-state index contributed by atoms with van der Waals surface area (Å²) in [6.07, 6.45) is 1.14. The van der Waals surface area contributed by atoms with E-state index in [-0.39, 0.29) is 0 Å². The lowest BCUT2D eigenvalue weighted by Gasteiger charge is -2.08. The van der Waals surface area contributed by atoms with Crippen LogP contribution in [0.5, 0.6) is 0 Å². The Morgan fingerprint density at radius 1 is 1.12 bits per heavy atom. The molecule has 0 aliphatic heterocycles. The van der Waals surface area contributed by atoms with E-state index in [1.165, 1.54) is 16.6 Å². The minimum atomic E-state index is 0.551. The third kappa shape index (κ3) is 3.29. The fourth-order valence-electron chi connectivity index (χ4n) is 1.73. The molecule has 1 nitrogen and oxygen atoms in total.